The summed E-state index contributed by atoms with van der Waals surface area (Å²) in [4.78, 5) is 4.96. The van der Waals surface area contributed by atoms with Crippen molar-refractivity contribution in [2.45, 2.75) is 32.4 Å². The molecule has 1 fully saturated rings. The number of likely N-dealkylation sites (tertiary alicyclic amines) is 1. The molecule has 106 valence electrons. The fraction of sp³-hybridized carbons (Fsp3) is 0.625. The van der Waals surface area contributed by atoms with Gasteiger partial charge in [0.05, 0.1) is 6.61 Å². The Morgan fingerprint density at radius 2 is 2.11 bits per heavy atom. The number of nitrogens with zero attached hydrogens (tertiary/aromatic N) is 2. The van der Waals surface area contributed by atoms with Gasteiger partial charge in [0, 0.05) is 25.7 Å². The van der Waals surface area contributed by atoms with Gasteiger partial charge in [-0.1, -0.05) is 37.3 Å². The van der Waals surface area contributed by atoms with E-state index in [9.17, 15) is 0 Å². The van der Waals surface area contributed by atoms with E-state index in [-0.39, 0.29) is 6.61 Å². The standard InChI is InChI=1S/C16H26N2O/c1-2-18(11-12-19)16-9-6-10-17(14-16)13-15-7-4-3-5-8-15/h3-5,7-8,16,19H,2,6,9-14H2,1H3/t16-/m1/s1. The molecule has 2 rings (SSSR count). The molecule has 0 radical (unpaired) electrons. The lowest BCUT2D eigenvalue weighted by atomic mass is 10.0. The van der Waals surface area contributed by atoms with Gasteiger partial charge in [-0.3, -0.25) is 9.80 Å². The average molecular weight is 262 g/mol. The monoisotopic (exact) mass is 262 g/mol. The van der Waals surface area contributed by atoms with Crippen LogP contribution in [0.3, 0.4) is 0 Å². The molecular weight excluding hydrogens is 236 g/mol. The largest absolute Gasteiger partial charge is 0.395 e. The minimum absolute atomic E-state index is 0.267. The summed E-state index contributed by atoms with van der Waals surface area (Å²) in [5, 5.41) is 9.14. The maximum Gasteiger partial charge on any atom is 0.0558 e. The Hall–Kier alpha value is -0.900. The molecule has 19 heavy (non-hydrogen) atoms. The van der Waals surface area contributed by atoms with Gasteiger partial charge in [0.25, 0.3) is 0 Å². The first kappa shape index (κ1) is 14.5. The van der Waals surface area contributed by atoms with Crippen LogP contribution in [0.15, 0.2) is 30.3 Å². The molecule has 1 heterocycles. The van der Waals surface area contributed by atoms with Crippen LogP contribution in [0, 0.1) is 0 Å². The summed E-state index contributed by atoms with van der Waals surface area (Å²) in [5.41, 5.74) is 1.40. The fourth-order valence-corrected chi connectivity index (χ4v) is 3.04. The maximum absolute atomic E-state index is 9.14. The minimum Gasteiger partial charge on any atom is -0.395 e. The number of piperidine rings is 1. The molecule has 0 spiro atoms. The zero-order chi connectivity index (χ0) is 13.5. The van der Waals surface area contributed by atoms with Crippen molar-refractivity contribution in [3.05, 3.63) is 35.9 Å². The van der Waals surface area contributed by atoms with Gasteiger partial charge in [-0.25, -0.2) is 0 Å². The first-order valence-electron chi connectivity index (χ1n) is 7.44. The lowest BCUT2D eigenvalue weighted by Gasteiger charge is -2.38. The van der Waals surface area contributed by atoms with Crippen LogP contribution in [0.1, 0.15) is 25.3 Å². The van der Waals surface area contributed by atoms with Gasteiger partial charge in [0.2, 0.25) is 0 Å². The predicted molar refractivity (Wildman–Crippen MR) is 79.1 cm³/mol. The van der Waals surface area contributed by atoms with E-state index >= 15 is 0 Å². The number of aliphatic hydroxyl groups is 1. The van der Waals surface area contributed by atoms with Crippen molar-refractivity contribution in [2.75, 3.05) is 32.8 Å². The normalized spacial score (nSPS) is 20.9. The highest BCUT2D eigenvalue weighted by atomic mass is 16.3. The molecule has 1 N–H and O–H groups in total. The third-order valence-electron chi connectivity index (χ3n) is 4.04. The molecular formula is C16H26N2O. The predicted octanol–water partition coefficient (Wildman–Crippen LogP) is 1.97. The van der Waals surface area contributed by atoms with Crippen molar-refractivity contribution in [3.63, 3.8) is 0 Å². The Bertz CT molecular complexity index is 355. The van der Waals surface area contributed by atoms with E-state index in [0.29, 0.717) is 6.04 Å². The molecule has 1 saturated heterocycles. The van der Waals surface area contributed by atoms with E-state index in [1.807, 2.05) is 0 Å². The van der Waals surface area contributed by atoms with E-state index < -0.39 is 0 Å². The van der Waals surface area contributed by atoms with Crippen molar-refractivity contribution in [3.8, 4) is 0 Å². The summed E-state index contributed by atoms with van der Waals surface area (Å²) < 4.78 is 0. The second-order valence-corrected chi connectivity index (χ2v) is 5.37. The van der Waals surface area contributed by atoms with Gasteiger partial charge in [0.15, 0.2) is 0 Å². The molecule has 0 unspecified atom stereocenters. The van der Waals surface area contributed by atoms with Crippen LogP contribution in [0.4, 0.5) is 0 Å². The fourth-order valence-electron chi connectivity index (χ4n) is 3.04. The molecule has 3 heteroatoms. The number of likely N-dealkylation sites (N-methyl/N-ethyl adjacent to an activating group) is 1. The van der Waals surface area contributed by atoms with Crippen LogP contribution in [0.2, 0.25) is 0 Å². The van der Waals surface area contributed by atoms with Crippen molar-refractivity contribution in [1.29, 1.82) is 0 Å². The van der Waals surface area contributed by atoms with Crippen LogP contribution < -0.4 is 0 Å². The molecule has 1 atom stereocenters. The van der Waals surface area contributed by atoms with E-state index in [0.717, 1.165) is 26.2 Å². The Balaban J connectivity index is 1.89. The second-order valence-electron chi connectivity index (χ2n) is 5.37. The molecule has 1 aliphatic heterocycles. The van der Waals surface area contributed by atoms with E-state index in [2.05, 4.69) is 47.1 Å². The average Bonchev–Trinajstić information content (AvgIpc) is 2.46. The molecule has 0 amide bonds. The Morgan fingerprint density at radius 3 is 2.79 bits per heavy atom. The van der Waals surface area contributed by atoms with Gasteiger partial charge in [0.1, 0.15) is 0 Å². The highest BCUT2D eigenvalue weighted by molar-refractivity contribution is 5.14. The highest BCUT2D eigenvalue weighted by Crippen LogP contribution is 2.17. The summed E-state index contributed by atoms with van der Waals surface area (Å²) >= 11 is 0. The van der Waals surface area contributed by atoms with E-state index in [4.69, 9.17) is 5.11 Å². The Morgan fingerprint density at radius 1 is 1.32 bits per heavy atom. The number of benzene rings is 1. The molecule has 0 saturated carbocycles. The third kappa shape index (κ3) is 4.30. The number of hydrogen-bond donors (Lipinski definition) is 1. The van der Waals surface area contributed by atoms with Crippen LogP contribution >= 0.6 is 0 Å². The van der Waals surface area contributed by atoms with Crippen LogP contribution in [0.5, 0.6) is 0 Å². The summed E-state index contributed by atoms with van der Waals surface area (Å²) in [5.74, 6) is 0. The van der Waals surface area contributed by atoms with Gasteiger partial charge in [-0.2, -0.15) is 0 Å². The summed E-state index contributed by atoms with van der Waals surface area (Å²) in [6, 6.07) is 11.3. The summed E-state index contributed by atoms with van der Waals surface area (Å²) in [7, 11) is 0. The van der Waals surface area contributed by atoms with Crippen LogP contribution in [-0.2, 0) is 6.54 Å². The Kier molecular flexibility index (Phi) is 5.83. The van der Waals surface area contributed by atoms with Crippen molar-refractivity contribution < 1.29 is 5.11 Å². The smallest absolute Gasteiger partial charge is 0.0558 e. The first-order valence-corrected chi connectivity index (χ1v) is 7.44. The van der Waals surface area contributed by atoms with Crippen molar-refractivity contribution in [1.82, 2.24) is 9.80 Å². The van der Waals surface area contributed by atoms with Crippen molar-refractivity contribution >= 4 is 0 Å². The number of hydrogen-bond acceptors (Lipinski definition) is 3. The molecule has 1 aromatic carbocycles. The third-order valence-corrected chi connectivity index (χ3v) is 4.04. The van der Waals surface area contributed by atoms with Crippen LogP contribution in [0.25, 0.3) is 0 Å². The minimum atomic E-state index is 0.267. The maximum atomic E-state index is 9.14. The highest BCUT2D eigenvalue weighted by Gasteiger charge is 2.23. The van der Waals surface area contributed by atoms with Gasteiger partial charge in [-0.15, -0.1) is 0 Å². The lowest BCUT2D eigenvalue weighted by Crippen LogP contribution is -2.48. The van der Waals surface area contributed by atoms with E-state index in [1.54, 1.807) is 0 Å². The van der Waals surface area contributed by atoms with Gasteiger partial charge >= 0.3 is 0 Å². The summed E-state index contributed by atoms with van der Waals surface area (Å²) in [6.45, 7) is 7.67. The molecule has 3 nitrogen and oxygen atoms in total. The SMILES string of the molecule is CCN(CCO)[C@@H]1CCCN(Cc2ccccc2)C1. The summed E-state index contributed by atoms with van der Waals surface area (Å²) in [6.07, 6.45) is 2.53. The van der Waals surface area contributed by atoms with Gasteiger partial charge in [-0.05, 0) is 31.5 Å². The number of rotatable bonds is 6. The van der Waals surface area contributed by atoms with Gasteiger partial charge < -0.3 is 5.11 Å². The van der Waals surface area contributed by atoms with Crippen LogP contribution in [-0.4, -0.2) is 53.7 Å². The second kappa shape index (κ2) is 7.63. The quantitative estimate of drug-likeness (QED) is 0.849. The number of aliphatic hydroxyl groups excluding tert-OH is 1. The first-order chi connectivity index (χ1) is 9.33. The molecule has 0 aliphatic carbocycles. The molecule has 1 aromatic rings. The molecule has 1 aliphatic rings. The van der Waals surface area contributed by atoms with E-state index in [1.165, 1.54) is 24.9 Å². The lowest BCUT2D eigenvalue weighted by molar-refractivity contribution is 0.0823. The molecule has 0 aromatic heterocycles. The zero-order valence-corrected chi connectivity index (χ0v) is 12.0. The zero-order valence-electron chi connectivity index (χ0n) is 12.0. The van der Waals surface area contributed by atoms with Crippen molar-refractivity contribution in [2.24, 2.45) is 0 Å². The topological polar surface area (TPSA) is 26.7 Å². The molecule has 0 bridgehead atoms. The Labute approximate surface area is 116 Å².